The number of nitrogens with zero attached hydrogens (tertiary/aromatic N) is 1. The molecule has 0 saturated carbocycles. The lowest BCUT2D eigenvalue weighted by atomic mass is 10.2. The van der Waals surface area contributed by atoms with Gasteiger partial charge in [-0.3, -0.25) is 5.10 Å². The molecule has 4 nitrogen and oxygen atoms in total. The fourth-order valence-electron chi connectivity index (χ4n) is 1.64. The van der Waals surface area contributed by atoms with Gasteiger partial charge >= 0.3 is 0 Å². The molecule has 0 bridgehead atoms. The number of rotatable bonds is 1. The largest absolute Gasteiger partial charge is 0.508 e. The number of hydrogen-bond acceptors (Lipinski definition) is 4. The van der Waals surface area contributed by atoms with E-state index in [-0.39, 0.29) is 5.75 Å². The van der Waals surface area contributed by atoms with Crippen molar-refractivity contribution in [1.82, 2.24) is 10.2 Å². The zero-order chi connectivity index (χ0) is 11.1. The Kier molecular flexibility index (Phi) is 1.87. The summed E-state index contributed by atoms with van der Waals surface area (Å²) in [6.45, 7) is 0. The van der Waals surface area contributed by atoms with Crippen LogP contribution in [0.25, 0.3) is 20.7 Å². The number of nitrogens with one attached hydrogen (secondary N) is 1. The van der Waals surface area contributed by atoms with Gasteiger partial charge in [0.25, 0.3) is 0 Å². The number of anilines is 1. The number of H-pyrrole nitrogens is 1. The molecule has 0 atom stereocenters. The average Bonchev–Trinajstić information content (AvgIpc) is 2.82. The minimum atomic E-state index is 0.276. The maximum absolute atomic E-state index is 9.39. The van der Waals surface area contributed by atoms with Crippen molar-refractivity contribution in [3.8, 4) is 16.3 Å². The number of nitrogens with two attached hydrogens (primary N) is 1. The molecule has 3 rings (SSSR count). The first-order chi connectivity index (χ1) is 7.74. The third-order valence-electron chi connectivity index (χ3n) is 2.42. The number of phenolic OH excluding ortho intramolecular Hbond substituents is 1. The standard InChI is InChI=1S/C11H9N3OS/c12-8-5-13-14-11(8)10-3-6-1-2-7(15)4-9(6)16-10/h1-5,15H,12H2,(H,13,14). The molecular formula is C11H9N3OS. The van der Waals surface area contributed by atoms with E-state index in [9.17, 15) is 5.11 Å². The van der Waals surface area contributed by atoms with Crippen molar-refractivity contribution in [3.05, 3.63) is 30.5 Å². The van der Waals surface area contributed by atoms with Crippen molar-refractivity contribution in [2.75, 3.05) is 5.73 Å². The number of thiophene rings is 1. The normalized spacial score (nSPS) is 11.0. The van der Waals surface area contributed by atoms with Crippen molar-refractivity contribution in [2.45, 2.75) is 0 Å². The molecule has 2 heterocycles. The van der Waals surface area contributed by atoms with Crippen LogP contribution in [0.4, 0.5) is 5.69 Å². The molecule has 5 heteroatoms. The SMILES string of the molecule is Nc1cn[nH]c1-c1cc2ccc(O)cc2s1. The number of aromatic hydroxyl groups is 1. The van der Waals surface area contributed by atoms with E-state index in [0.29, 0.717) is 5.69 Å². The van der Waals surface area contributed by atoms with Gasteiger partial charge in [-0.15, -0.1) is 11.3 Å². The van der Waals surface area contributed by atoms with Gasteiger partial charge in [0.15, 0.2) is 0 Å². The highest BCUT2D eigenvalue weighted by molar-refractivity contribution is 7.22. The number of aromatic amines is 1. The summed E-state index contributed by atoms with van der Waals surface area (Å²) < 4.78 is 1.03. The number of hydrogen-bond donors (Lipinski definition) is 3. The van der Waals surface area contributed by atoms with Crippen LogP contribution in [0.15, 0.2) is 30.5 Å². The molecule has 1 aromatic carbocycles. The summed E-state index contributed by atoms with van der Waals surface area (Å²) in [6.07, 6.45) is 1.59. The number of benzene rings is 1. The summed E-state index contributed by atoms with van der Waals surface area (Å²) in [6, 6.07) is 7.34. The van der Waals surface area contributed by atoms with Crippen LogP contribution in [0, 0.1) is 0 Å². The summed E-state index contributed by atoms with van der Waals surface area (Å²) in [5.74, 6) is 0.276. The molecule has 16 heavy (non-hydrogen) atoms. The van der Waals surface area contributed by atoms with Crippen molar-refractivity contribution in [1.29, 1.82) is 0 Å². The number of fused-ring (bicyclic) bond motifs is 1. The Bertz CT molecular complexity index is 656. The highest BCUT2D eigenvalue weighted by Gasteiger charge is 2.09. The first-order valence-electron chi connectivity index (χ1n) is 4.76. The zero-order valence-corrected chi connectivity index (χ0v) is 9.08. The third kappa shape index (κ3) is 1.33. The van der Waals surface area contributed by atoms with Gasteiger partial charge in [-0.2, -0.15) is 5.10 Å². The van der Waals surface area contributed by atoms with Crippen molar-refractivity contribution >= 4 is 27.1 Å². The topological polar surface area (TPSA) is 74.9 Å². The minimum absolute atomic E-state index is 0.276. The summed E-state index contributed by atoms with van der Waals surface area (Å²) in [7, 11) is 0. The number of phenols is 1. The lowest BCUT2D eigenvalue weighted by molar-refractivity contribution is 0.476. The Hall–Kier alpha value is -2.01. The molecule has 4 N–H and O–H groups in total. The Morgan fingerprint density at radius 3 is 2.94 bits per heavy atom. The van der Waals surface area contributed by atoms with Gasteiger partial charge in [0, 0.05) is 4.70 Å². The molecule has 0 spiro atoms. The molecule has 0 fully saturated rings. The van der Waals surface area contributed by atoms with E-state index < -0.39 is 0 Å². The van der Waals surface area contributed by atoms with Crippen LogP contribution in [-0.4, -0.2) is 15.3 Å². The molecule has 0 aliphatic heterocycles. The van der Waals surface area contributed by atoms with Gasteiger partial charge in [-0.1, -0.05) is 0 Å². The Morgan fingerprint density at radius 1 is 1.31 bits per heavy atom. The average molecular weight is 231 g/mol. The van der Waals surface area contributed by atoms with Gasteiger partial charge in [0.1, 0.15) is 5.75 Å². The number of nitrogen functional groups attached to an aromatic ring is 1. The minimum Gasteiger partial charge on any atom is -0.508 e. The lowest BCUT2D eigenvalue weighted by Crippen LogP contribution is -1.83. The predicted octanol–water partition coefficient (Wildman–Crippen LogP) is 2.58. The number of aromatic nitrogens is 2. The highest BCUT2D eigenvalue weighted by atomic mass is 32.1. The van der Waals surface area contributed by atoms with Crippen LogP contribution < -0.4 is 5.73 Å². The summed E-state index contributed by atoms with van der Waals surface area (Å²) >= 11 is 1.57. The Balaban J connectivity index is 2.23. The van der Waals surface area contributed by atoms with Gasteiger partial charge in [-0.05, 0) is 29.7 Å². The van der Waals surface area contributed by atoms with Crippen LogP contribution >= 0.6 is 11.3 Å². The highest BCUT2D eigenvalue weighted by Crippen LogP contribution is 2.36. The smallest absolute Gasteiger partial charge is 0.117 e. The second-order valence-electron chi connectivity index (χ2n) is 3.53. The van der Waals surface area contributed by atoms with Crippen molar-refractivity contribution < 1.29 is 5.11 Å². The van der Waals surface area contributed by atoms with Crippen LogP contribution in [-0.2, 0) is 0 Å². The van der Waals surface area contributed by atoms with E-state index in [4.69, 9.17) is 5.73 Å². The van der Waals surface area contributed by atoms with Crippen molar-refractivity contribution in [3.63, 3.8) is 0 Å². The second-order valence-corrected chi connectivity index (χ2v) is 4.62. The van der Waals surface area contributed by atoms with E-state index in [2.05, 4.69) is 10.2 Å². The van der Waals surface area contributed by atoms with Gasteiger partial charge in [0.2, 0.25) is 0 Å². The molecule has 0 aliphatic rings. The second kappa shape index (κ2) is 3.24. The van der Waals surface area contributed by atoms with E-state index in [1.807, 2.05) is 12.1 Å². The molecule has 0 amide bonds. The van der Waals surface area contributed by atoms with Crippen LogP contribution in [0.2, 0.25) is 0 Å². The fraction of sp³-hybridized carbons (Fsp3) is 0. The summed E-state index contributed by atoms with van der Waals surface area (Å²) in [5.41, 5.74) is 7.26. The Morgan fingerprint density at radius 2 is 2.19 bits per heavy atom. The third-order valence-corrected chi connectivity index (χ3v) is 3.53. The first kappa shape index (κ1) is 9.23. The maximum atomic E-state index is 9.39. The molecule has 0 saturated heterocycles. The fourth-order valence-corrected chi connectivity index (χ4v) is 2.75. The molecule has 2 aromatic heterocycles. The van der Waals surface area contributed by atoms with E-state index in [0.717, 1.165) is 20.7 Å². The molecule has 0 unspecified atom stereocenters. The van der Waals surface area contributed by atoms with Crippen LogP contribution in [0.3, 0.4) is 0 Å². The summed E-state index contributed by atoms with van der Waals surface area (Å²) in [5, 5.41) is 17.2. The van der Waals surface area contributed by atoms with E-state index in [1.165, 1.54) is 0 Å². The van der Waals surface area contributed by atoms with Crippen LogP contribution in [0.1, 0.15) is 0 Å². The summed E-state index contributed by atoms with van der Waals surface area (Å²) in [4.78, 5) is 1.02. The predicted molar refractivity (Wildman–Crippen MR) is 65.5 cm³/mol. The quantitative estimate of drug-likeness (QED) is 0.602. The monoisotopic (exact) mass is 231 g/mol. The first-order valence-corrected chi connectivity index (χ1v) is 5.57. The van der Waals surface area contributed by atoms with Crippen molar-refractivity contribution in [2.24, 2.45) is 0 Å². The van der Waals surface area contributed by atoms with Gasteiger partial charge in [-0.25, -0.2) is 0 Å². The molecular weight excluding hydrogens is 222 g/mol. The van der Waals surface area contributed by atoms with Gasteiger partial charge in [0.05, 0.1) is 22.5 Å². The molecule has 80 valence electrons. The lowest BCUT2D eigenvalue weighted by Gasteiger charge is -1.91. The Labute approximate surface area is 95.3 Å². The van der Waals surface area contributed by atoms with Crippen LogP contribution in [0.5, 0.6) is 5.75 Å². The molecule has 3 aromatic rings. The van der Waals surface area contributed by atoms with Gasteiger partial charge < -0.3 is 10.8 Å². The zero-order valence-electron chi connectivity index (χ0n) is 8.27. The van der Waals surface area contributed by atoms with E-state index in [1.54, 1.807) is 29.7 Å². The maximum Gasteiger partial charge on any atom is 0.117 e. The van der Waals surface area contributed by atoms with E-state index >= 15 is 0 Å². The molecule has 0 radical (unpaired) electrons. The molecule has 0 aliphatic carbocycles.